The van der Waals surface area contributed by atoms with Gasteiger partial charge in [0.1, 0.15) is 18.1 Å². The fourth-order valence-corrected chi connectivity index (χ4v) is 5.50. The van der Waals surface area contributed by atoms with Crippen LogP contribution in [0.15, 0.2) is 60.7 Å². The van der Waals surface area contributed by atoms with Crippen LogP contribution in [0.1, 0.15) is 43.2 Å². The van der Waals surface area contributed by atoms with E-state index in [1.807, 2.05) is 60.7 Å². The molecule has 2 saturated heterocycles. The van der Waals surface area contributed by atoms with Crippen molar-refractivity contribution in [2.24, 2.45) is 5.73 Å². The Morgan fingerprint density at radius 1 is 0.842 bits per heavy atom. The van der Waals surface area contributed by atoms with E-state index in [1.54, 1.807) is 0 Å². The van der Waals surface area contributed by atoms with Crippen molar-refractivity contribution in [1.82, 2.24) is 15.1 Å². The Bertz CT molecular complexity index is 1130. The van der Waals surface area contributed by atoms with Crippen molar-refractivity contribution in [3.05, 3.63) is 71.8 Å². The Morgan fingerprint density at radius 2 is 1.39 bits per heavy atom. The van der Waals surface area contributed by atoms with Gasteiger partial charge >= 0.3 is 5.97 Å². The Labute approximate surface area is 223 Å². The van der Waals surface area contributed by atoms with Gasteiger partial charge in [-0.1, -0.05) is 60.7 Å². The second kappa shape index (κ2) is 12.7. The first-order valence-electron chi connectivity index (χ1n) is 13.3. The van der Waals surface area contributed by atoms with Gasteiger partial charge in [0.25, 0.3) is 0 Å². The van der Waals surface area contributed by atoms with Gasteiger partial charge in [-0.15, -0.1) is 0 Å². The van der Waals surface area contributed by atoms with Gasteiger partial charge in [-0.05, 0) is 43.2 Å². The molecule has 0 bridgehead atoms. The summed E-state index contributed by atoms with van der Waals surface area (Å²) in [5.41, 5.74) is 8.16. The van der Waals surface area contributed by atoms with Crippen LogP contribution in [0.4, 0.5) is 0 Å². The van der Waals surface area contributed by atoms with Crippen LogP contribution in [-0.4, -0.2) is 75.9 Å². The van der Waals surface area contributed by atoms with Gasteiger partial charge in [0, 0.05) is 32.0 Å². The number of rotatable bonds is 10. The first-order valence-corrected chi connectivity index (χ1v) is 13.3. The molecule has 0 radical (unpaired) electrons. The molecular weight excluding hydrogens is 484 g/mol. The van der Waals surface area contributed by atoms with Crippen LogP contribution in [0.3, 0.4) is 0 Å². The lowest BCUT2D eigenvalue weighted by Crippen LogP contribution is -2.56. The summed E-state index contributed by atoms with van der Waals surface area (Å²) in [6.07, 6.45) is 3.02. The molecule has 0 aromatic heterocycles. The van der Waals surface area contributed by atoms with E-state index in [-0.39, 0.29) is 30.6 Å². The van der Waals surface area contributed by atoms with Gasteiger partial charge in [0.05, 0.1) is 0 Å². The van der Waals surface area contributed by atoms with Crippen LogP contribution in [0.5, 0.6) is 0 Å². The number of nitrogens with two attached hydrogens (primary N) is 1. The minimum absolute atomic E-state index is 0.0594. The number of carbonyl (C=O) groups is 4. The topological polar surface area (TPSA) is 133 Å². The van der Waals surface area contributed by atoms with E-state index in [2.05, 4.69) is 5.32 Å². The van der Waals surface area contributed by atoms with Gasteiger partial charge in [0.15, 0.2) is 0 Å². The largest absolute Gasteiger partial charge is 0.480 e. The number of carbonyl (C=O) groups excluding carboxylic acids is 3. The van der Waals surface area contributed by atoms with Crippen LogP contribution in [0.2, 0.25) is 0 Å². The van der Waals surface area contributed by atoms with E-state index in [9.17, 15) is 24.3 Å². The van der Waals surface area contributed by atoms with Gasteiger partial charge in [-0.3, -0.25) is 14.4 Å². The second-order valence-corrected chi connectivity index (χ2v) is 10.2. The summed E-state index contributed by atoms with van der Waals surface area (Å²) in [5.74, 6) is -2.00. The molecule has 0 spiro atoms. The summed E-state index contributed by atoms with van der Waals surface area (Å²) < 4.78 is 0. The monoisotopic (exact) mass is 520 g/mol. The minimum atomic E-state index is -1.02. The highest BCUT2D eigenvalue weighted by molar-refractivity contribution is 5.94. The number of nitrogens with one attached hydrogen (secondary N) is 1. The molecule has 2 aromatic rings. The van der Waals surface area contributed by atoms with Crippen molar-refractivity contribution in [3.8, 4) is 0 Å². The van der Waals surface area contributed by atoms with Crippen LogP contribution in [0.25, 0.3) is 0 Å². The van der Waals surface area contributed by atoms with Crippen LogP contribution >= 0.6 is 0 Å². The summed E-state index contributed by atoms with van der Waals surface area (Å²) >= 11 is 0. The first-order chi connectivity index (χ1) is 18.3. The average Bonchev–Trinajstić information content (AvgIpc) is 3.59. The molecule has 4 atom stereocenters. The van der Waals surface area contributed by atoms with Gasteiger partial charge in [-0.2, -0.15) is 0 Å². The summed E-state index contributed by atoms with van der Waals surface area (Å²) in [7, 11) is 0. The maximum Gasteiger partial charge on any atom is 0.326 e. The van der Waals surface area contributed by atoms with E-state index in [0.717, 1.165) is 11.1 Å². The van der Waals surface area contributed by atoms with Crippen molar-refractivity contribution in [2.75, 3.05) is 13.1 Å². The van der Waals surface area contributed by atoms with Gasteiger partial charge < -0.3 is 26.0 Å². The number of carboxylic acids is 1. The molecule has 2 fully saturated rings. The fraction of sp³-hybridized carbons (Fsp3) is 0.448. The molecule has 0 saturated carbocycles. The highest BCUT2D eigenvalue weighted by atomic mass is 16.4. The molecule has 3 amide bonds. The predicted molar refractivity (Wildman–Crippen MR) is 142 cm³/mol. The molecule has 9 nitrogen and oxygen atoms in total. The Balaban J connectivity index is 1.46. The average molecular weight is 521 g/mol. The van der Waals surface area contributed by atoms with Crippen LogP contribution in [-0.2, 0) is 32.0 Å². The maximum atomic E-state index is 13.8. The number of aliphatic carboxylic acids is 1. The summed E-state index contributed by atoms with van der Waals surface area (Å²) in [5, 5.41) is 12.4. The van der Waals surface area contributed by atoms with Crippen molar-refractivity contribution in [3.63, 3.8) is 0 Å². The minimum Gasteiger partial charge on any atom is -0.480 e. The zero-order valence-electron chi connectivity index (χ0n) is 21.5. The Kier molecular flexibility index (Phi) is 9.12. The Morgan fingerprint density at radius 3 is 2.00 bits per heavy atom. The van der Waals surface area contributed by atoms with E-state index in [1.165, 1.54) is 9.80 Å². The van der Waals surface area contributed by atoms with Crippen molar-refractivity contribution in [2.45, 2.75) is 69.1 Å². The molecule has 4 N–H and O–H groups in total. The quantitative estimate of drug-likeness (QED) is 0.437. The predicted octanol–water partition coefficient (Wildman–Crippen LogP) is 1.74. The number of hydrogen-bond acceptors (Lipinski definition) is 5. The number of hydrogen-bond donors (Lipinski definition) is 3. The third kappa shape index (κ3) is 6.77. The molecule has 0 aliphatic carbocycles. The molecule has 202 valence electrons. The second-order valence-electron chi connectivity index (χ2n) is 10.2. The Hall–Kier alpha value is -3.72. The lowest BCUT2D eigenvalue weighted by atomic mass is 10.0. The van der Waals surface area contributed by atoms with Gasteiger partial charge in [0.2, 0.25) is 17.7 Å². The lowest BCUT2D eigenvalue weighted by Gasteiger charge is -2.32. The van der Waals surface area contributed by atoms with Crippen molar-refractivity contribution < 1.29 is 24.3 Å². The molecule has 2 heterocycles. The van der Waals surface area contributed by atoms with E-state index in [0.29, 0.717) is 45.2 Å². The molecule has 0 unspecified atom stereocenters. The standard InChI is InChI=1S/C29H36N4O5/c30-22(17-20-9-3-1-4-10-20)19-26(34)31-23(18-21-11-5-2-6-12-21)27(35)32-15-7-13-24(32)28(36)33-16-8-14-25(33)29(37)38/h1-6,9-12,22-25H,7-8,13-19,30H2,(H,31,34)(H,37,38)/t22-,23+,24-,25-/m0/s1. The van der Waals surface area contributed by atoms with Crippen molar-refractivity contribution >= 4 is 23.7 Å². The normalized spacial score (nSPS) is 20.7. The molecule has 2 aromatic carbocycles. The number of carboxylic acid groups (broad SMARTS) is 1. The zero-order valence-corrected chi connectivity index (χ0v) is 21.5. The maximum absolute atomic E-state index is 13.8. The molecule has 2 aliphatic heterocycles. The number of benzene rings is 2. The van der Waals surface area contributed by atoms with E-state index >= 15 is 0 Å². The highest BCUT2D eigenvalue weighted by Crippen LogP contribution is 2.26. The number of nitrogens with zero attached hydrogens (tertiary/aromatic N) is 2. The SMILES string of the molecule is N[C@H](CC(=O)N[C@H](Cc1ccccc1)C(=O)N1CCC[C@H]1C(=O)N1CCC[C@H]1C(=O)O)Cc1ccccc1. The van der Waals surface area contributed by atoms with Crippen LogP contribution in [0, 0.1) is 0 Å². The number of amides is 3. The molecular formula is C29H36N4O5. The van der Waals surface area contributed by atoms with Crippen molar-refractivity contribution in [1.29, 1.82) is 0 Å². The molecule has 4 rings (SSSR count). The number of likely N-dealkylation sites (tertiary alicyclic amines) is 2. The highest BCUT2D eigenvalue weighted by Gasteiger charge is 2.43. The summed E-state index contributed by atoms with van der Waals surface area (Å²) in [4.78, 5) is 54.7. The smallest absolute Gasteiger partial charge is 0.326 e. The first kappa shape index (κ1) is 27.3. The zero-order chi connectivity index (χ0) is 27.1. The van der Waals surface area contributed by atoms with E-state index < -0.39 is 30.1 Å². The molecule has 38 heavy (non-hydrogen) atoms. The van der Waals surface area contributed by atoms with Gasteiger partial charge in [-0.25, -0.2) is 4.79 Å². The molecule has 2 aliphatic rings. The third-order valence-electron chi connectivity index (χ3n) is 7.35. The molecule has 9 heteroatoms. The fourth-order valence-electron chi connectivity index (χ4n) is 5.50. The lowest BCUT2D eigenvalue weighted by molar-refractivity contribution is -0.152. The van der Waals surface area contributed by atoms with E-state index in [4.69, 9.17) is 5.73 Å². The summed E-state index contributed by atoms with van der Waals surface area (Å²) in [6.45, 7) is 0.757. The summed E-state index contributed by atoms with van der Waals surface area (Å²) in [6, 6.07) is 16.2. The van der Waals surface area contributed by atoms with Crippen LogP contribution < -0.4 is 11.1 Å². The third-order valence-corrected chi connectivity index (χ3v) is 7.35.